The highest BCUT2D eigenvalue weighted by molar-refractivity contribution is 7.50. The minimum absolute atomic E-state index is 0.196. The van der Waals surface area contributed by atoms with Crippen molar-refractivity contribution in [2.45, 2.75) is 32.3 Å². The second kappa shape index (κ2) is 9.73. The SMILES string of the molecule is Cc1cc(-[s+]2c3ccccc3c3ccccc32)cc(C)c1OCC(=O)OC1(c2ccc(F)cc2)C=CCC1. The van der Waals surface area contributed by atoms with Gasteiger partial charge in [-0.15, -0.1) is 0 Å². The highest BCUT2D eigenvalue weighted by Crippen LogP contribution is 2.49. The van der Waals surface area contributed by atoms with E-state index in [2.05, 4.69) is 60.7 Å². The molecule has 3 nitrogen and oxygen atoms in total. The number of carbonyl (C=O) groups excluding carboxylic acids is 1. The number of aryl methyl sites for hydroxylation is 2. The summed E-state index contributed by atoms with van der Waals surface area (Å²) >= 11 is 0. The zero-order chi connectivity index (χ0) is 26.3. The fraction of sp³-hybridized carbons (Fsp3) is 0.182. The maximum absolute atomic E-state index is 13.5. The molecule has 0 fully saturated rings. The largest absolute Gasteiger partial charge is 0.481 e. The van der Waals surface area contributed by atoms with Crippen LogP contribution < -0.4 is 4.74 Å². The van der Waals surface area contributed by atoms with Gasteiger partial charge in [-0.3, -0.25) is 0 Å². The Balaban J connectivity index is 1.26. The third-order valence-electron chi connectivity index (χ3n) is 7.21. The maximum atomic E-state index is 13.5. The summed E-state index contributed by atoms with van der Waals surface area (Å²) in [4.78, 5) is 14.2. The van der Waals surface area contributed by atoms with Crippen LogP contribution in [0.2, 0.25) is 0 Å². The first-order chi connectivity index (χ1) is 18.4. The van der Waals surface area contributed by atoms with Gasteiger partial charge in [0.2, 0.25) is 0 Å². The summed E-state index contributed by atoms with van der Waals surface area (Å²) in [5.41, 5.74) is 1.84. The van der Waals surface area contributed by atoms with Gasteiger partial charge in [-0.25, -0.2) is 9.18 Å². The van der Waals surface area contributed by atoms with E-state index in [0.29, 0.717) is 12.2 Å². The molecule has 1 aliphatic rings. The summed E-state index contributed by atoms with van der Waals surface area (Å²) in [5.74, 6) is -0.0720. The minimum atomic E-state index is -0.882. The van der Waals surface area contributed by atoms with Crippen LogP contribution in [0.25, 0.3) is 25.1 Å². The van der Waals surface area contributed by atoms with Crippen LogP contribution in [0.4, 0.5) is 4.39 Å². The lowest BCUT2D eigenvalue weighted by Gasteiger charge is -2.28. The number of hydrogen-bond donors (Lipinski definition) is 0. The Morgan fingerprint density at radius 3 is 2.08 bits per heavy atom. The highest BCUT2D eigenvalue weighted by Gasteiger charge is 2.36. The summed E-state index contributed by atoms with van der Waals surface area (Å²) in [5, 5.41) is 2.58. The molecule has 0 saturated carbocycles. The first-order valence-electron chi connectivity index (χ1n) is 12.8. The van der Waals surface area contributed by atoms with Gasteiger partial charge in [0, 0.05) is 33.4 Å². The quantitative estimate of drug-likeness (QED) is 0.127. The number of esters is 1. The molecule has 0 aliphatic heterocycles. The van der Waals surface area contributed by atoms with Crippen LogP contribution in [-0.4, -0.2) is 12.6 Å². The first kappa shape index (κ1) is 24.4. The summed E-state index contributed by atoms with van der Waals surface area (Å²) < 4.78 is 28.1. The number of ether oxygens (including phenoxy) is 2. The van der Waals surface area contributed by atoms with Crippen LogP contribution in [0, 0.1) is 19.7 Å². The number of fused-ring (bicyclic) bond motifs is 3. The van der Waals surface area contributed by atoms with Gasteiger partial charge >= 0.3 is 5.97 Å². The first-order valence-corrected chi connectivity index (χ1v) is 14.0. The van der Waals surface area contributed by atoms with Crippen molar-refractivity contribution in [1.29, 1.82) is 0 Å². The molecule has 0 spiro atoms. The van der Waals surface area contributed by atoms with Crippen LogP contribution in [0.5, 0.6) is 5.75 Å². The van der Waals surface area contributed by atoms with Crippen LogP contribution in [-0.2, 0) is 15.1 Å². The third kappa shape index (κ3) is 4.27. The molecule has 0 N–H and O–H groups in total. The van der Waals surface area contributed by atoms with Gasteiger partial charge in [0.1, 0.15) is 11.6 Å². The van der Waals surface area contributed by atoms with Crippen molar-refractivity contribution < 1.29 is 18.7 Å². The van der Waals surface area contributed by atoms with Crippen LogP contribution in [0.1, 0.15) is 29.5 Å². The smallest absolute Gasteiger partial charge is 0.345 e. The average molecular weight is 524 g/mol. The minimum Gasteiger partial charge on any atom is -0.481 e. The van der Waals surface area contributed by atoms with Gasteiger partial charge in [0.25, 0.3) is 0 Å². The molecule has 38 heavy (non-hydrogen) atoms. The Hall–Kier alpha value is -3.96. The molecule has 5 aromatic rings. The predicted octanol–water partition coefficient (Wildman–Crippen LogP) is 8.65. The highest BCUT2D eigenvalue weighted by atomic mass is 32.2. The van der Waals surface area contributed by atoms with E-state index in [-0.39, 0.29) is 22.9 Å². The summed E-state index contributed by atoms with van der Waals surface area (Å²) in [7, 11) is -0.196. The average Bonchev–Trinajstić information content (AvgIpc) is 3.52. The molecule has 1 unspecified atom stereocenters. The number of thiophene rings is 1. The van der Waals surface area contributed by atoms with E-state index < -0.39 is 11.6 Å². The van der Waals surface area contributed by atoms with E-state index in [1.165, 1.54) is 37.2 Å². The second-order valence-corrected chi connectivity index (χ2v) is 11.7. The standard InChI is InChI=1S/C33H28FO3S/c1-22-19-26(38-29-11-5-3-9-27(29)28-10-4-6-12-30(28)38)20-23(2)32(22)36-21-31(35)37-33(17-7-8-18-33)24-13-15-25(34)16-14-24/h3-7,9-17,19-20H,8,18,21H2,1-2H3/q+1. The molecule has 6 rings (SSSR count). The molecular weight excluding hydrogens is 495 g/mol. The Morgan fingerprint density at radius 2 is 1.50 bits per heavy atom. The molecule has 1 atom stereocenters. The lowest BCUT2D eigenvalue weighted by molar-refractivity contribution is -0.158. The van der Waals surface area contributed by atoms with Gasteiger partial charge in [0.15, 0.2) is 26.5 Å². The molecule has 190 valence electrons. The predicted molar refractivity (Wildman–Crippen MR) is 153 cm³/mol. The molecular formula is C33H28FO3S+. The summed E-state index contributed by atoms with van der Waals surface area (Å²) in [6.45, 7) is 3.84. The number of rotatable bonds is 6. The Morgan fingerprint density at radius 1 is 0.895 bits per heavy atom. The normalized spacial score (nSPS) is 16.8. The lowest BCUT2D eigenvalue weighted by atomic mass is 9.93. The Bertz CT molecular complexity index is 1620. The van der Waals surface area contributed by atoms with Gasteiger partial charge in [-0.1, -0.05) is 42.5 Å². The van der Waals surface area contributed by atoms with Gasteiger partial charge in [-0.2, -0.15) is 0 Å². The van der Waals surface area contributed by atoms with Crippen molar-refractivity contribution >= 4 is 36.6 Å². The Labute approximate surface area is 224 Å². The van der Waals surface area contributed by atoms with Crippen molar-refractivity contribution in [3.63, 3.8) is 0 Å². The zero-order valence-corrected chi connectivity index (χ0v) is 22.2. The lowest BCUT2D eigenvalue weighted by Crippen LogP contribution is -2.31. The van der Waals surface area contributed by atoms with Gasteiger partial charge in [0.05, 0.1) is 0 Å². The number of halogens is 1. The van der Waals surface area contributed by atoms with E-state index in [1.807, 2.05) is 26.0 Å². The number of benzene rings is 4. The molecule has 0 saturated heterocycles. The molecule has 0 radical (unpaired) electrons. The molecule has 0 bridgehead atoms. The van der Waals surface area contributed by atoms with Crippen molar-refractivity contribution in [2.75, 3.05) is 6.61 Å². The van der Waals surface area contributed by atoms with Crippen LogP contribution in [0.15, 0.2) is 97.1 Å². The van der Waals surface area contributed by atoms with Crippen LogP contribution in [0.3, 0.4) is 0 Å². The summed E-state index contributed by atoms with van der Waals surface area (Å²) in [6, 6.07) is 27.7. The van der Waals surface area contributed by atoms with E-state index in [9.17, 15) is 9.18 Å². The summed E-state index contributed by atoms with van der Waals surface area (Å²) in [6.07, 6.45) is 5.30. The van der Waals surface area contributed by atoms with E-state index in [0.717, 1.165) is 23.1 Å². The fourth-order valence-corrected chi connectivity index (χ4v) is 8.06. The van der Waals surface area contributed by atoms with Crippen molar-refractivity contribution in [2.24, 2.45) is 0 Å². The molecule has 1 heterocycles. The third-order valence-corrected chi connectivity index (χ3v) is 9.51. The van der Waals surface area contributed by atoms with E-state index >= 15 is 0 Å². The van der Waals surface area contributed by atoms with E-state index in [1.54, 1.807) is 12.1 Å². The molecule has 1 aliphatic carbocycles. The number of hydrogen-bond acceptors (Lipinski definition) is 3. The van der Waals surface area contributed by atoms with Crippen molar-refractivity contribution in [1.82, 2.24) is 0 Å². The molecule has 1 aromatic heterocycles. The van der Waals surface area contributed by atoms with Gasteiger partial charge in [-0.05, 0) is 85.9 Å². The Kier molecular flexibility index (Phi) is 6.24. The number of carbonyl (C=O) groups is 1. The fourth-order valence-electron chi connectivity index (χ4n) is 5.50. The van der Waals surface area contributed by atoms with Crippen molar-refractivity contribution in [3.8, 4) is 10.6 Å². The second-order valence-electron chi connectivity index (χ2n) is 9.78. The number of allylic oxidation sites excluding steroid dienone is 1. The topological polar surface area (TPSA) is 35.5 Å². The molecule has 5 heteroatoms. The zero-order valence-electron chi connectivity index (χ0n) is 21.4. The molecule has 0 amide bonds. The molecule has 4 aromatic carbocycles. The maximum Gasteiger partial charge on any atom is 0.345 e. The monoisotopic (exact) mass is 523 g/mol. The van der Waals surface area contributed by atoms with Crippen LogP contribution >= 0.6 is 10.5 Å². The van der Waals surface area contributed by atoms with E-state index in [4.69, 9.17) is 9.47 Å². The van der Waals surface area contributed by atoms with Gasteiger partial charge < -0.3 is 9.47 Å². The van der Waals surface area contributed by atoms with Crippen molar-refractivity contribution in [3.05, 3.63) is 120 Å².